The van der Waals surface area contributed by atoms with E-state index in [0.717, 1.165) is 11.1 Å². The van der Waals surface area contributed by atoms with Gasteiger partial charge in [0.05, 0.1) is 13.1 Å². The first-order valence-corrected chi connectivity index (χ1v) is 4.81. The number of aryl methyl sites for hydroxylation is 1. The van der Waals surface area contributed by atoms with Gasteiger partial charge >= 0.3 is 6.03 Å². The van der Waals surface area contributed by atoms with Crippen molar-refractivity contribution < 1.29 is 9.59 Å². The lowest BCUT2D eigenvalue weighted by atomic mass is 10.1. The molecule has 0 aliphatic carbocycles. The lowest BCUT2D eigenvalue weighted by Crippen LogP contribution is -2.30. The van der Waals surface area contributed by atoms with Gasteiger partial charge in [-0.3, -0.25) is 9.69 Å². The fourth-order valence-electron chi connectivity index (χ4n) is 1.57. The Morgan fingerprint density at radius 3 is 2.67 bits per heavy atom. The molecule has 2 rings (SSSR count). The Hall–Kier alpha value is -1.84. The van der Waals surface area contributed by atoms with Crippen LogP contribution in [0.3, 0.4) is 0 Å². The molecule has 0 aromatic heterocycles. The summed E-state index contributed by atoms with van der Waals surface area (Å²) in [4.78, 5) is 23.9. The van der Waals surface area contributed by atoms with Crippen LogP contribution in [0, 0.1) is 6.92 Å². The summed E-state index contributed by atoms with van der Waals surface area (Å²) in [5, 5.41) is 2.50. The zero-order chi connectivity index (χ0) is 10.8. The van der Waals surface area contributed by atoms with Gasteiger partial charge < -0.3 is 5.32 Å². The standard InChI is InChI=1S/C11H12N2O2/c1-8-4-2-3-5-9(8)7-13-10(14)6-12-11(13)15/h2-5H,6-7H2,1H3,(H,12,15). The summed E-state index contributed by atoms with van der Waals surface area (Å²) in [6.45, 7) is 2.44. The summed E-state index contributed by atoms with van der Waals surface area (Å²) in [6.07, 6.45) is 0. The predicted molar refractivity (Wildman–Crippen MR) is 55.1 cm³/mol. The second-order valence-corrected chi connectivity index (χ2v) is 3.57. The minimum atomic E-state index is -0.303. The molecule has 15 heavy (non-hydrogen) atoms. The summed E-state index contributed by atoms with van der Waals surface area (Å²) in [7, 11) is 0. The largest absolute Gasteiger partial charge is 0.329 e. The van der Waals surface area contributed by atoms with Crippen molar-refractivity contribution in [3.05, 3.63) is 35.4 Å². The smallest absolute Gasteiger partial charge is 0.324 e. The maximum atomic E-state index is 11.3. The maximum absolute atomic E-state index is 11.3. The summed E-state index contributed by atoms with van der Waals surface area (Å²) in [6, 6.07) is 7.43. The van der Waals surface area contributed by atoms with E-state index in [1.807, 2.05) is 31.2 Å². The molecule has 4 heteroatoms. The first kappa shape index (κ1) is 9.71. The van der Waals surface area contributed by atoms with E-state index in [1.54, 1.807) is 0 Å². The Kier molecular flexibility index (Phi) is 2.41. The zero-order valence-electron chi connectivity index (χ0n) is 8.49. The Balaban J connectivity index is 2.18. The fourth-order valence-corrected chi connectivity index (χ4v) is 1.57. The van der Waals surface area contributed by atoms with Crippen molar-refractivity contribution in [3.8, 4) is 0 Å². The third kappa shape index (κ3) is 1.83. The van der Waals surface area contributed by atoms with E-state index in [0.29, 0.717) is 6.54 Å². The molecular weight excluding hydrogens is 192 g/mol. The molecule has 1 fully saturated rings. The predicted octanol–water partition coefficient (Wildman–Crippen LogP) is 1.05. The number of urea groups is 1. The van der Waals surface area contributed by atoms with E-state index in [4.69, 9.17) is 0 Å². The SMILES string of the molecule is Cc1ccccc1CN1C(=O)CNC1=O. The number of carbonyl (C=O) groups is 2. The lowest BCUT2D eigenvalue weighted by molar-refractivity contribution is -0.125. The van der Waals surface area contributed by atoms with Gasteiger partial charge in [-0.15, -0.1) is 0 Å². The molecule has 78 valence electrons. The Morgan fingerprint density at radius 1 is 1.33 bits per heavy atom. The van der Waals surface area contributed by atoms with Crippen LogP contribution < -0.4 is 5.32 Å². The summed E-state index contributed by atoms with van der Waals surface area (Å²) >= 11 is 0. The van der Waals surface area contributed by atoms with Crippen LogP contribution in [0.25, 0.3) is 0 Å². The number of benzene rings is 1. The van der Waals surface area contributed by atoms with E-state index < -0.39 is 0 Å². The molecule has 1 N–H and O–H groups in total. The Bertz CT molecular complexity index is 399. The summed E-state index contributed by atoms with van der Waals surface area (Å²) in [5.41, 5.74) is 2.09. The van der Waals surface area contributed by atoms with E-state index in [-0.39, 0.29) is 18.5 Å². The van der Waals surface area contributed by atoms with Gasteiger partial charge in [-0.1, -0.05) is 24.3 Å². The van der Waals surface area contributed by atoms with Crippen LogP contribution in [0.4, 0.5) is 4.79 Å². The molecule has 0 saturated carbocycles. The molecule has 0 radical (unpaired) electrons. The number of nitrogens with zero attached hydrogens (tertiary/aromatic N) is 1. The zero-order valence-corrected chi connectivity index (χ0v) is 8.49. The highest BCUT2D eigenvalue weighted by Gasteiger charge is 2.28. The van der Waals surface area contributed by atoms with Crippen molar-refractivity contribution >= 4 is 11.9 Å². The molecule has 1 aromatic rings. The van der Waals surface area contributed by atoms with Crippen LogP contribution in [0.1, 0.15) is 11.1 Å². The second-order valence-electron chi connectivity index (χ2n) is 3.57. The van der Waals surface area contributed by atoms with Crippen molar-refractivity contribution in [1.29, 1.82) is 0 Å². The van der Waals surface area contributed by atoms with Crippen LogP contribution >= 0.6 is 0 Å². The first-order chi connectivity index (χ1) is 7.18. The highest BCUT2D eigenvalue weighted by molar-refractivity contribution is 6.01. The average molecular weight is 204 g/mol. The molecular formula is C11H12N2O2. The molecule has 1 aromatic carbocycles. The fraction of sp³-hybridized carbons (Fsp3) is 0.273. The van der Waals surface area contributed by atoms with Gasteiger partial charge in [-0.05, 0) is 18.1 Å². The van der Waals surface area contributed by atoms with Crippen LogP contribution in [0.15, 0.2) is 24.3 Å². The molecule has 0 bridgehead atoms. The molecule has 3 amide bonds. The van der Waals surface area contributed by atoms with E-state index in [1.165, 1.54) is 4.90 Å². The van der Waals surface area contributed by atoms with Gasteiger partial charge in [0.2, 0.25) is 5.91 Å². The average Bonchev–Trinajstić information content (AvgIpc) is 2.53. The molecule has 1 aliphatic heterocycles. The number of nitrogens with one attached hydrogen (secondary N) is 1. The minimum absolute atomic E-state index is 0.116. The first-order valence-electron chi connectivity index (χ1n) is 4.81. The molecule has 1 aliphatic rings. The maximum Gasteiger partial charge on any atom is 0.324 e. The highest BCUT2D eigenvalue weighted by Crippen LogP contribution is 2.12. The second kappa shape index (κ2) is 3.73. The number of hydrogen-bond donors (Lipinski definition) is 1. The van der Waals surface area contributed by atoms with Crippen LogP contribution in [0.5, 0.6) is 0 Å². The summed E-state index contributed by atoms with van der Waals surface area (Å²) < 4.78 is 0. The molecule has 1 heterocycles. The molecule has 0 spiro atoms. The molecule has 1 saturated heterocycles. The number of imide groups is 1. The number of rotatable bonds is 2. The van der Waals surface area contributed by atoms with Crippen LogP contribution in [-0.2, 0) is 11.3 Å². The van der Waals surface area contributed by atoms with Crippen LogP contribution in [-0.4, -0.2) is 23.4 Å². The van der Waals surface area contributed by atoms with E-state index in [9.17, 15) is 9.59 Å². The van der Waals surface area contributed by atoms with E-state index >= 15 is 0 Å². The molecule has 0 atom stereocenters. The van der Waals surface area contributed by atoms with Gasteiger partial charge in [0.1, 0.15) is 0 Å². The van der Waals surface area contributed by atoms with Crippen LogP contribution in [0.2, 0.25) is 0 Å². The monoisotopic (exact) mass is 204 g/mol. The van der Waals surface area contributed by atoms with Crippen molar-refractivity contribution in [2.24, 2.45) is 0 Å². The van der Waals surface area contributed by atoms with Gasteiger partial charge in [0.25, 0.3) is 0 Å². The number of carbonyl (C=O) groups excluding carboxylic acids is 2. The third-order valence-electron chi connectivity index (χ3n) is 2.53. The molecule has 0 unspecified atom stereocenters. The van der Waals surface area contributed by atoms with Gasteiger partial charge in [0, 0.05) is 0 Å². The Morgan fingerprint density at radius 2 is 2.07 bits per heavy atom. The van der Waals surface area contributed by atoms with Crippen molar-refractivity contribution in [1.82, 2.24) is 10.2 Å². The van der Waals surface area contributed by atoms with Crippen molar-refractivity contribution in [2.75, 3.05) is 6.54 Å². The topological polar surface area (TPSA) is 49.4 Å². The van der Waals surface area contributed by atoms with Crippen molar-refractivity contribution in [2.45, 2.75) is 13.5 Å². The quantitative estimate of drug-likeness (QED) is 0.732. The third-order valence-corrected chi connectivity index (χ3v) is 2.53. The summed E-state index contributed by atoms with van der Waals surface area (Å²) in [5.74, 6) is -0.164. The number of hydrogen-bond acceptors (Lipinski definition) is 2. The van der Waals surface area contributed by atoms with Gasteiger partial charge in [-0.25, -0.2) is 4.79 Å². The highest BCUT2D eigenvalue weighted by atomic mass is 16.2. The van der Waals surface area contributed by atoms with E-state index in [2.05, 4.69) is 5.32 Å². The molecule has 4 nitrogen and oxygen atoms in total. The Labute approximate surface area is 87.9 Å². The minimum Gasteiger partial charge on any atom is -0.329 e. The lowest BCUT2D eigenvalue weighted by Gasteiger charge is -2.13. The van der Waals surface area contributed by atoms with Gasteiger partial charge in [0.15, 0.2) is 0 Å². The van der Waals surface area contributed by atoms with Crippen molar-refractivity contribution in [3.63, 3.8) is 0 Å². The normalized spacial score (nSPS) is 15.7. The number of amides is 3. The van der Waals surface area contributed by atoms with Gasteiger partial charge in [-0.2, -0.15) is 0 Å².